The van der Waals surface area contributed by atoms with Crippen molar-refractivity contribution in [3.05, 3.63) is 41.5 Å². The highest BCUT2D eigenvalue weighted by Crippen LogP contribution is 2.67. The summed E-state index contributed by atoms with van der Waals surface area (Å²) in [5.74, 6) is -0.357. The molecule has 6 nitrogen and oxygen atoms in total. The minimum Gasteiger partial charge on any atom is -0.393 e. The van der Waals surface area contributed by atoms with Crippen LogP contribution < -0.4 is 0 Å². The zero-order valence-electron chi connectivity index (χ0n) is 21.0. The van der Waals surface area contributed by atoms with Crippen molar-refractivity contribution in [1.29, 1.82) is 0 Å². The van der Waals surface area contributed by atoms with Crippen LogP contribution in [0.4, 0.5) is 0 Å². The molecule has 7 heteroatoms. The predicted molar refractivity (Wildman–Crippen MR) is 131 cm³/mol. The summed E-state index contributed by atoms with van der Waals surface area (Å²) in [4.78, 5) is 25.1. The Balaban J connectivity index is 1.55. The molecule has 0 bridgehead atoms. The van der Waals surface area contributed by atoms with Crippen LogP contribution in [0.3, 0.4) is 0 Å². The summed E-state index contributed by atoms with van der Waals surface area (Å²) in [5.41, 5.74) is 1.17. The molecule has 4 aliphatic rings. The average Bonchev–Trinajstić information content (AvgIpc) is 3.09. The number of allylic oxidation sites excluding steroid dienone is 1. The Hall–Kier alpha value is -1.83. The van der Waals surface area contributed by atoms with Gasteiger partial charge < -0.3 is 5.11 Å². The second-order valence-electron chi connectivity index (χ2n) is 11.8. The van der Waals surface area contributed by atoms with Gasteiger partial charge in [0.1, 0.15) is 5.78 Å². The maximum Gasteiger partial charge on any atom is 0.297 e. The van der Waals surface area contributed by atoms with Crippen molar-refractivity contribution < 1.29 is 27.3 Å². The van der Waals surface area contributed by atoms with Crippen molar-refractivity contribution in [3.8, 4) is 0 Å². The van der Waals surface area contributed by atoms with Crippen LogP contribution >= 0.6 is 0 Å². The molecule has 1 aromatic carbocycles. The summed E-state index contributed by atoms with van der Waals surface area (Å²) in [6, 6.07) is 6.59. The Bertz CT molecular complexity index is 1180. The largest absolute Gasteiger partial charge is 0.393 e. The van der Waals surface area contributed by atoms with Gasteiger partial charge in [-0.15, -0.1) is 0 Å². The van der Waals surface area contributed by atoms with Crippen molar-refractivity contribution in [1.82, 2.24) is 0 Å². The highest BCUT2D eigenvalue weighted by Gasteiger charge is 2.67. The van der Waals surface area contributed by atoms with Gasteiger partial charge in [0.05, 0.1) is 17.1 Å². The first-order valence-corrected chi connectivity index (χ1v) is 14.2. The number of fused-ring (bicyclic) bond motifs is 5. The Labute approximate surface area is 208 Å². The Kier molecular flexibility index (Phi) is 5.93. The van der Waals surface area contributed by atoms with E-state index in [1.54, 1.807) is 31.2 Å². The summed E-state index contributed by atoms with van der Waals surface area (Å²) in [6.45, 7) is 7.60. The van der Waals surface area contributed by atoms with Crippen LogP contribution in [0.5, 0.6) is 0 Å². The molecule has 4 aliphatic carbocycles. The molecule has 3 saturated carbocycles. The molecule has 5 rings (SSSR count). The van der Waals surface area contributed by atoms with Gasteiger partial charge in [-0.1, -0.05) is 37.1 Å². The van der Waals surface area contributed by atoms with E-state index in [4.69, 9.17) is 4.18 Å². The molecule has 8 atom stereocenters. The highest BCUT2D eigenvalue weighted by atomic mass is 32.2. The van der Waals surface area contributed by atoms with Gasteiger partial charge in [0.15, 0.2) is 5.78 Å². The molecule has 1 aromatic rings. The number of carbonyl (C=O) groups excluding carboxylic acids is 2. The van der Waals surface area contributed by atoms with Crippen molar-refractivity contribution >= 4 is 21.7 Å². The van der Waals surface area contributed by atoms with Gasteiger partial charge in [-0.2, -0.15) is 8.42 Å². The summed E-state index contributed by atoms with van der Waals surface area (Å²) >= 11 is 0. The Morgan fingerprint density at radius 1 is 1.11 bits per heavy atom. The maximum absolute atomic E-state index is 13.3. The van der Waals surface area contributed by atoms with E-state index in [0.29, 0.717) is 19.3 Å². The normalized spacial score (nSPS) is 40.9. The van der Waals surface area contributed by atoms with Gasteiger partial charge in [-0.05, 0) is 87.3 Å². The first kappa shape index (κ1) is 24.8. The summed E-state index contributed by atoms with van der Waals surface area (Å²) in [7, 11) is -4.04. The smallest absolute Gasteiger partial charge is 0.297 e. The third kappa shape index (κ3) is 3.77. The SMILES string of the molecule is CC(=O)C1CC(OS(=O)(=O)c2ccc(C)cc2)C2C3CCC4=CC(=O)CC[C@]4(C)C3C[C@@H](O)[C@]12C. The number of benzene rings is 1. The molecular formula is C28H36O6S. The molecule has 35 heavy (non-hydrogen) atoms. The molecular weight excluding hydrogens is 464 g/mol. The van der Waals surface area contributed by atoms with E-state index in [9.17, 15) is 23.1 Å². The van der Waals surface area contributed by atoms with Crippen molar-refractivity contribution in [2.45, 2.75) is 83.3 Å². The number of Topliss-reactive ketones (excluding diaryl/α,β-unsaturated/α-hetero) is 1. The fourth-order valence-electron chi connectivity index (χ4n) is 8.19. The predicted octanol–water partition coefficient (Wildman–Crippen LogP) is 4.39. The zero-order valence-corrected chi connectivity index (χ0v) is 21.8. The standard InChI is InChI=1S/C28H36O6S/c1-16-5-8-20(9-6-16)35(32,33)34-24-14-22(17(2)29)28(4)25(31)15-23-21(26(24)28)10-7-18-13-19(30)11-12-27(18,23)3/h5-6,8-9,13,21-26,31H,7,10-12,14-15H2,1-4H3/t21?,22?,23?,24?,25-,26?,27+,28+/m1/s1. The average molecular weight is 501 g/mol. The molecule has 5 unspecified atom stereocenters. The fraction of sp³-hybridized carbons (Fsp3) is 0.643. The molecule has 0 aromatic heterocycles. The third-order valence-corrected chi connectivity index (χ3v) is 11.4. The number of ketones is 2. The molecule has 3 fully saturated rings. The lowest BCUT2D eigenvalue weighted by Crippen LogP contribution is -2.58. The van der Waals surface area contributed by atoms with Crippen LogP contribution in [0.2, 0.25) is 0 Å². The van der Waals surface area contributed by atoms with Crippen LogP contribution in [0.1, 0.15) is 64.9 Å². The number of hydrogen-bond acceptors (Lipinski definition) is 6. The Morgan fingerprint density at radius 2 is 1.80 bits per heavy atom. The van der Waals surface area contributed by atoms with Crippen LogP contribution in [-0.2, 0) is 23.9 Å². The van der Waals surface area contributed by atoms with E-state index in [1.807, 2.05) is 19.9 Å². The van der Waals surface area contributed by atoms with E-state index in [2.05, 4.69) is 6.92 Å². The van der Waals surface area contributed by atoms with Crippen molar-refractivity contribution in [2.75, 3.05) is 0 Å². The second-order valence-corrected chi connectivity index (χ2v) is 13.4. The topological polar surface area (TPSA) is 97.7 Å². The number of aryl methyl sites for hydroxylation is 1. The van der Waals surface area contributed by atoms with Gasteiger partial charge in [0.2, 0.25) is 0 Å². The fourth-order valence-corrected chi connectivity index (χ4v) is 9.30. The quantitative estimate of drug-likeness (QED) is 0.616. The van der Waals surface area contributed by atoms with Gasteiger partial charge >= 0.3 is 0 Å². The molecule has 0 aliphatic heterocycles. The van der Waals surface area contributed by atoms with Crippen molar-refractivity contribution in [3.63, 3.8) is 0 Å². The summed E-state index contributed by atoms with van der Waals surface area (Å²) in [5, 5.41) is 11.6. The van der Waals surface area contributed by atoms with Crippen molar-refractivity contribution in [2.24, 2.45) is 34.5 Å². The minimum absolute atomic E-state index is 0.0281. The lowest BCUT2D eigenvalue weighted by molar-refractivity contribution is -0.155. The molecule has 1 N–H and O–H groups in total. The molecule has 0 amide bonds. The maximum atomic E-state index is 13.3. The lowest BCUT2D eigenvalue weighted by Gasteiger charge is -2.59. The van der Waals surface area contributed by atoms with Gasteiger partial charge in [0, 0.05) is 17.8 Å². The number of aliphatic hydroxyl groups is 1. The third-order valence-electron chi connectivity index (χ3n) is 10.1. The first-order valence-electron chi connectivity index (χ1n) is 12.8. The van der Waals surface area contributed by atoms with E-state index in [0.717, 1.165) is 30.4 Å². The minimum atomic E-state index is -4.04. The van der Waals surface area contributed by atoms with E-state index in [1.165, 1.54) is 0 Å². The highest BCUT2D eigenvalue weighted by molar-refractivity contribution is 7.86. The number of carbonyl (C=O) groups is 2. The molecule has 0 spiro atoms. The van der Waals surface area contributed by atoms with Crippen LogP contribution in [0.25, 0.3) is 0 Å². The van der Waals surface area contributed by atoms with Gasteiger partial charge in [0.25, 0.3) is 10.1 Å². The van der Waals surface area contributed by atoms with Crippen LogP contribution in [0.15, 0.2) is 40.8 Å². The molecule has 190 valence electrons. The van der Waals surface area contributed by atoms with Crippen LogP contribution in [0, 0.1) is 41.4 Å². The van der Waals surface area contributed by atoms with Gasteiger partial charge in [-0.25, -0.2) is 0 Å². The molecule has 0 saturated heterocycles. The second kappa shape index (κ2) is 8.35. The zero-order chi connectivity index (χ0) is 25.3. The number of hydrogen-bond donors (Lipinski definition) is 1. The number of aliphatic hydroxyl groups excluding tert-OH is 1. The monoisotopic (exact) mass is 500 g/mol. The summed E-state index contributed by atoms with van der Waals surface area (Å²) < 4.78 is 32.6. The molecule has 0 heterocycles. The Morgan fingerprint density at radius 3 is 2.46 bits per heavy atom. The lowest BCUT2D eigenvalue weighted by atomic mass is 9.45. The van der Waals surface area contributed by atoms with Crippen LogP contribution in [-0.4, -0.2) is 37.3 Å². The first-order chi connectivity index (χ1) is 16.4. The van der Waals surface area contributed by atoms with E-state index in [-0.39, 0.29) is 39.6 Å². The summed E-state index contributed by atoms with van der Waals surface area (Å²) in [6.07, 6.45) is 4.07. The van der Waals surface area contributed by atoms with E-state index < -0.39 is 33.7 Å². The number of rotatable bonds is 4. The molecule has 0 radical (unpaired) electrons. The van der Waals surface area contributed by atoms with Gasteiger partial charge in [-0.3, -0.25) is 13.8 Å². The van der Waals surface area contributed by atoms with E-state index >= 15 is 0 Å².